The van der Waals surface area contributed by atoms with Gasteiger partial charge in [0.05, 0.1) is 17.9 Å². The third-order valence-electron chi connectivity index (χ3n) is 4.29. The van der Waals surface area contributed by atoms with E-state index in [9.17, 15) is 9.59 Å². The zero-order chi connectivity index (χ0) is 16.7. The van der Waals surface area contributed by atoms with E-state index in [4.69, 9.17) is 0 Å². The van der Waals surface area contributed by atoms with Crippen molar-refractivity contribution in [2.75, 3.05) is 43.4 Å². The number of carbonyl (C=O) groups is 2. The van der Waals surface area contributed by atoms with Crippen molar-refractivity contribution in [3.63, 3.8) is 0 Å². The fourth-order valence-corrected chi connectivity index (χ4v) is 3.32. The molecule has 4 heterocycles. The Morgan fingerprint density at radius 1 is 1.38 bits per heavy atom. The molecule has 2 aromatic heterocycles. The van der Waals surface area contributed by atoms with Gasteiger partial charge in [-0.2, -0.15) is 5.10 Å². The Morgan fingerprint density at radius 3 is 2.88 bits per heavy atom. The number of thiazole rings is 1. The van der Waals surface area contributed by atoms with Crippen LogP contribution in [0.15, 0.2) is 24.0 Å². The lowest BCUT2D eigenvalue weighted by Crippen LogP contribution is -2.52. The largest absolute Gasteiger partial charge is 0.326 e. The third kappa shape index (κ3) is 2.58. The van der Waals surface area contributed by atoms with E-state index in [-0.39, 0.29) is 18.1 Å². The van der Waals surface area contributed by atoms with Gasteiger partial charge in [-0.3, -0.25) is 14.9 Å². The van der Waals surface area contributed by atoms with Gasteiger partial charge in [-0.05, 0) is 0 Å². The maximum atomic E-state index is 12.1. The van der Waals surface area contributed by atoms with Gasteiger partial charge in [0.2, 0.25) is 0 Å². The number of aromatic nitrogens is 3. The van der Waals surface area contributed by atoms with E-state index in [2.05, 4.69) is 15.4 Å². The lowest BCUT2D eigenvalue weighted by atomic mass is 10.1. The number of hydrogen-bond donors (Lipinski definition) is 1. The molecule has 2 saturated heterocycles. The standard InChI is InChI=1S/C14H17N7O2S/c1-18-3-4-20(14(18)23)10-6-16-21(9-10)11-7-19(8-11)13(22)17-12-15-2-5-24-12/h2,5-6,9,11H,3-4,7-8H2,1H3,(H,15,17,22). The zero-order valence-electron chi connectivity index (χ0n) is 13.1. The first-order chi connectivity index (χ1) is 11.6. The van der Waals surface area contributed by atoms with Crippen LogP contribution < -0.4 is 10.2 Å². The number of rotatable bonds is 3. The predicted octanol–water partition coefficient (Wildman–Crippen LogP) is 1.30. The third-order valence-corrected chi connectivity index (χ3v) is 4.97. The number of nitrogens with one attached hydrogen (secondary N) is 1. The van der Waals surface area contributed by atoms with Gasteiger partial charge in [0.15, 0.2) is 5.13 Å². The SMILES string of the molecule is CN1CCN(c2cnn(C3CN(C(=O)Nc4nccs4)C3)c2)C1=O. The van der Waals surface area contributed by atoms with Crippen LogP contribution in [0.3, 0.4) is 0 Å². The van der Waals surface area contributed by atoms with E-state index in [1.54, 1.807) is 34.1 Å². The smallest absolute Gasteiger partial charge is 0.324 e. The van der Waals surface area contributed by atoms with Crippen LogP contribution >= 0.6 is 11.3 Å². The van der Waals surface area contributed by atoms with Crippen LogP contribution in [0.2, 0.25) is 0 Å². The van der Waals surface area contributed by atoms with Crippen molar-refractivity contribution in [2.24, 2.45) is 0 Å². The minimum Gasteiger partial charge on any atom is -0.326 e. The molecule has 2 aliphatic rings. The normalized spacial score (nSPS) is 18.2. The Bertz CT molecular complexity index is 753. The number of nitrogens with zero attached hydrogens (tertiary/aromatic N) is 6. The lowest BCUT2D eigenvalue weighted by molar-refractivity contribution is 0.128. The van der Waals surface area contributed by atoms with Crippen molar-refractivity contribution in [2.45, 2.75) is 6.04 Å². The van der Waals surface area contributed by atoms with E-state index in [1.807, 2.05) is 16.3 Å². The average molecular weight is 347 g/mol. The summed E-state index contributed by atoms with van der Waals surface area (Å²) < 4.78 is 1.83. The molecule has 0 bridgehead atoms. The van der Waals surface area contributed by atoms with E-state index in [0.29, 0.717) is 24.8 Å². The number of anilines is 2. The molecule has 1 N–H and O–H groups in total. The number of likely N-dealkylation sites (tertiary alicyclic amines) is 1. The number of likely N-dealkylation sites (N-methyl/N-ethyl adjacent to an activating group) is 1. The average Bonchev–Trinajstić information content (AvgIpc) is 3.22. The van der Waals surface area contributed by atoms with E-state index >= 15 is 0 Å². The molecule has 4 rings (SSSR count). The highest BCUT2D eigenvalue weighted by molar-refractivity contribution is 7.13. The van der Waals surface area contributed by atoms with Crippen LogP contribution in [0.4, 0.5) is 20.4 Å². The van der Waals surface area contributed by atoms with Gasteiger partial charge < -0.3 is 9.80 Å². The first kappa shape index (κ1) is 14.9. The van der Waals surface area contributed by atoms with Gasteiger partial charge >= 0.3 is 12.1 Å². The highest BCUT2D eigenvalue weighted by atomic mass is 32.1. The molecule has 2 fully saturated rings. The van der Waals surface area contributed by atoms with Crippen molar-refractivity contribution < 1.29 is 9.59 Å². The molecular weight excluding hydrogens is 330 g/mol. The molecule has 0 unspecified atom stereocenters. The predicted molar refractivity (Wildman–Crippen MR) is 89.3 cm³/mol. The monoisotopic (exact) mass is 347 g/mol. The minimum absolute atomic E-state index is 0.00684. The summed E-state index contributed by atoms with van der Waals surface area (Å²) in [4.78, 5) is 33.2. The van der Waals surface area contributed by atoms with E-state index in [0.717, 1.165) is 12.2 Å². The number of hydrogen-bond acceptors (Lipinski definition) is 5. The van der Waals surface area contributed by atoms with Crippen molar-refractivity contribution in [3.05, 3.63) is 24.0 Å². The summed E-state index contributed by atoms with van der Waals surface area (Å²) in [6.45, 7) is 2.57. The molecule has 0 aromatic carbocycles. The van der Waals surface area contributed by atoms with Crippen LogP contribution in [0, 0.1) is 0 Å². The topological polar surface area (TPSA) is 86.6 Å². The Kier molecular flexibility index (Phi) is 3.60. The molecule has 10 heteroatoms. The molecule has 9 nitrogen and oxygen atoms in total. The van der Waals surface area contributed by atoms with Crippen LogP contribution in [0.5, 0.6) is 0 Å². The molecule has 0 aliphatic carbocycles. The van der Waals surface area contributed by atoms with Gasteiger partial charge in [0.25, 0.3) is 0 Å². The second-order valence-electron chi connectivity index (χ2n) is 5.86. The fourth-order valence-electron chi connectivity index (χ4n) is 2.80. The summed E-state index contributed by atoms with van der Waals surface area (Å²) in [6.07, 6.45) is 5.23. The molecule has 2 aromatic rings. The molecule has 0 radical (unpaired) electrons. The maximum absolute atomic E-state index is 12.1. The van der Waals surface area contributed by atoms with Gasteiger partial charge in [-0.15, -0.1) is 11.3 Å². The Hall–Kier alpha value is -2.62. The van der Waals surface area contributed by atoms with E-state index in [1.165, 1.54) is 11.3 Å². The summed E-state index contributed by atoms with van der Waals surface area (Å²) >= 11 is 1.39. The van der Waals surface area contributed by atoms with Gasteiger partial charge in [-0.25, -0.2) is 14.6 Å². The quantitative estimate of drug-likeness (QED) is 0.907. The highest BCUT2D eigenvalue weighted by Gasteiger charge is 2.34. The van der Waals surface area contributed by atoms with Gasteiger partial charge in [0.1, 0.15) is 0 Å². The molecule has 24 heavy (non-hydrogen) atoms. The van der Waals surface area contributed by atoms with Gasteiger partial charge in [-0.1, -0.05) is 0 Å². The minimum atomic E-state index is -0.148. The molecule has 0 saturated carbocycles. The molecular formula is C14H17N7O2S. The summed E-state index contributed by atoms with van der Waals surface area (Å²) in [5.41, 5.74) is 0.801. The summed E-state index contributed by atoms with van der Waals surface area (Å²) in [6, 6.07) is -0.0197. The number of amides is 4. The van der Waals surface area contributed by atoms with Crippen molar-refractivity contribution in [1.29, 1.82) is 0 Å². The van der Waals surface area contributed by atoms with Crippen molar-refractivity contribution in [3.8, 4) is 0 Å². The maximum Gasteiger partial charge on any atom is 0.324 e. The lowest BCUT2D eigenvalue weighted by Gasteiger charge is -2.38. The van der Waals surface area contributed by atoms with Crippen LogP contribution in [-0.4, -0.2) is 69.9 Å². The Balaban J connectivity index is 1.34. The zero-order valence-corrected chi connectivity index (χ0v) is 13.9. The summed E-state index contributed by atoms with van der Waals surface area (Å²) in [5.74, 6) is 0. The van der Waals surface area contributed by atoms with Crippen molar-refractivity contribution in [1.82, 2.24) is 24.6 Å². The second kappa shape index (κ2) is 5.78. The van der Waals surface area contributed by atoms with Crippen molar-refractivity contribution >= 4 is 34.2 Å². The number of urea groups is 2. The molecule has 2 aliphatic heterocycles. The molecule has 126 valence electrons. The van der Waals surface area contributed by atoms with Crippen LogP contribution in [0.1, 0.15) is 6.04 Å². The first-order valence-electron chi connectivity index (χ1n) is 7.64. The Morgan fingerprint density at radius 2 is 2.21 bits per heavy atom. The molecule has 4 amide bonds. The molecule has 0 spiro atoms. The highest BCUT2D eigenvalue weighted by Crippen LogP contribution is 2.25. The number of carbonyl (C=O) groups excluding carboxylic acids is 2. The first-order valence-corrected chi connectivity index (χ1v) is 8.52. The summed E-state index contributed by atoms with van der Waals surface area (Å²) in [5, 5.41) is 9.53. The summed E-state index contributed by atoms with van der Waals surface area (Å²) in [7, 11) is 1.79. The van der Waals surface area contributed by atoms with Crippen LogP contribution in [-0.2, 0) is 0 Å². The fraction of sp³-hybridized carbons (Fsp3) is 0.429. The second-order valence-corrected chi connectivity index (χ2v) is 6.76. The molecule has 0 atom stereocenters. The van der Waals surface area contributed by atoms with E-state index < -0.39 is 0 Å². The van der Waals surface area contributed by atoms with Gasteiger partial charge in [0, 0.05) is 51.0 Å². The Labute approximate surface area is 142 Å². The van der Waals surface area contributed by atoms with Crippen LogP contribution in [0.25, 0.3) is 0 Å².